The summed E-state index contributed by atoms with van der Waals surface area (Å²) in [4.78, 5) is 9.44. The van der Waals surface area contributed by atoms with Crippen LogP contribution in [0.15, 0.2) is 0 Å². The van der Waals surface area contributed by atoms with Crippen molar-refractivity contribution >= 4 is 29.0 Å². The molecule has 0 aliphatic carbocycles. The number of carbonyl (C=O) groups is 1. The molecule has 0 aromatic heterocycles. The number of carbonyl (C=O) groups excluding carboxylic acids is 1. The average Bonchev–Trinajstić information content (AvgIpc) is 1.71. The molecule has 0 heterocycles. The van der Waals surface area contributed by atoms with Crippen LogP contribution in [0.3, 0.4) is 0 Å². The topological polar surface area (TPSA) is 68.8 Å². The lowest BCUT2D eigenvalue weighted by Gasteiger charge is -1.56. The SMILES string of the molecule is CC(C)=O.CO.ClCCl.O. The van der Waals surface area contributed by atoms with Crippen LogP contribution in [0, 0.1) is 0 Å². The van der Waals surface area contributed by atoms with E-state index in [9.17, 15) is 4.79 Å². The molecule has 3 nitrogen and oxygen atoms in total. The summed E-state index contributed by atoms with van der Waals surface area (Å²) in [5.41, 5.74) is 0. The zero-order valence-corrected chi connectivity index (χ0v) is 7.83. The molecule has 0 unspecified atom stereocenters. The van der Waals surface area contributed by atoms with Crippen LogP contribution in [0.1, 0.15) is 13.8 Å². The maximum absolute atomic E-state index is 9.44. The van der Waals surface area contributed by atoms with Crippen molar-refractivity contribution in [3.8, 4) is 0 Å². The second-order valence-corrected chi connectivity index (χ2v) is 1.82. The van der Waals surface area contributed by atoms with Gasteiger partial charge in [0.1, 0.15) is 5.78 Å². The second-order valence-electron chi connectivity index (χ2n) is 1.01. The quantitative estimate of drug-likeness (QED) is 0.578. The fourth-order valence-corrected chi connectivity index (χ4v) is 0. The summed E-state index contributed by atoms with van der Waals surface area (Å²) in [6.45, 7) is 3.06. The number of halogens is 2. The number of hydrogen-bond acceptors (Lipinski definition) is 2. The molecule has 0 saturated heterocycles. The largest absolute Gasteiger partial charge is 0.412 e. The first-order chi connectivity index (χ1) is 4.15. The molecule has 0 rings (SSSR count). The van der Waals surface area contributed by atoms with Crippen LogP contribution in [0.5, 0.6) is 0 Å². The van der Waals surface area contributed by atoms with Gasteiger partial charge >= 0.3 is 0 Å². The first kappa shape index (κ1) is 22.5. The summed E-state index contributed by atoms with van der Waals surface area (Å²) in [7, 11) is 1.00. The van der Waals surface area contributed by atoms with Crippen molar-refractivity contribution in [2.24, 2.45) is 0 Å². The van der Waals surface area contributed by atoms with Gasteiger partial charge in [0, 0.05) is 7.11 Å². The van der Waals surface area contributed by atoms with Gasteiger partial charge in [-0.15, -0.1) is 23.2 Å². The van der Waals surface area contributed by atoms with Gasteiger partial charge in [0.15, 0.2) is 0 Å². The minimum absolute atomic E-state index is 0. The fourth-order valence-electron chi connectivity index (χ4n) is 0. The first-order valence-corrected chi connectivity index (χ1v) is 3.25. The Labute approximate surface area is 71.3 Å². The normalized spacial score (nSPS) is 5.00. The molecule has 0 amide bonds. The van der Waals surface area contributed by atoms with Crippen LogP contribution in [0.2, 0.25) is 0 Å². The smallest absolute Gasteiger partial charge is 0.126 e. The molecule has 0 spiro atoms. The van der Waals surface area contributed by atoms with E-state index in [0.717, 1.165) is 7.11 Å². The number of hydrogen-bond donors (Lipinski definition) is 1. The van der Waals surface area contributed by atoms with Gasteiger partial charge in [-0.1, -0.05) is 0 Å². The summed E-state index contributed by atoms with van der Waals surface area (Å²) >= 11 is 9.53. The van der Waals surface area contributed by atoms with Crippen molar-refractivity contribution in [3.63, 3.8) is 0 Å². The van der Waals surface area contributed by atoms with Gasteiger partial charge < -0.3 is 15.4 Å². The molecule has 66 valence electrons. The molecule has 0 aliphatic heterocycles. The lowest BCUT2D eigenvalue weighted by molar-refractivity contribution is -0.114. The summed E-state index contributed by atoms with van der Waals surface area (Å²) in [6.07, 6.45) is 0. The molecule has 0 aliphatic rings. The number of Topliss-reactive ketones (excluding diaryl/α,β-unsaturated/α-hetero) is 1. The Morgan fingerprint density at radius 1 is 1.30 bits per heavy atom. The Balaban J connectivity index is -0.0000000273. The molecular formula is C5H14Cl2O3. The van der Waals surface area contributed by atoms with Crippen LogP contribution in [0.4, 0.5) is 0 Å². The Morgan fingerprint density at radius 2 is 1.30 bits per heavy atom. The Hall–Kier alpha value is 0.170. The number of alkyl halides is 2. The highest BCUT2D eigenvalue weighted by Crippen LogP contribution is 1.73. The van der Waals surface area contributed by atoms with Crippen LogP contribution >= 0.6 is 23.2 Å². The van der Waals surface area contributed by atoms with Gasteiger partial charge in [-0.3, -0.25) is 0 Å². The van der Waals surface area contributed by atoms with E-state index in [1.807, 2.05) is 0 Å². The summed E-state index contributed by atoms with van der Waals surface area (Å²) < 4.78 is 0. The molecule has 0 saturated carbocycles. The van der Waals surface area contributed by atoms with Gasteiger partial charge in [-0.25, -0.2) is 0 Å². The third-order valence-electron chi connectivity index (χ3n) is 0. The van der Waals surface area contributed by atoms with E-state index >= 15 is 0 Å². The highest BCUT2D eigenvalue weighted by Gasteiger charge is 1.62. The van der Waals surface area contributed by atoms with E-state index in [4.69, 9.17) is 28.3 Å². The van der Waals surface area contributed by atoms with Crippen LogP contribution in [-0.2, 0) is 4.79 Å². The van der Waals surface area contributed by atoms with Crippen LogP contribution in [0.25, 0.3) is 0 Å². The Kier molecular flexibility index (Phi) is 79.1. The zero-order chi connectivity index (χ0) is 8.28. The number of aliphatic hydroxyl groups excluding tert-OH is 1. The van der Waals surface area contributed by atoms with Crippen molar-refractivity contribution in [1.29, 1.82) is 0 Å². The van der Waals surface area contributed by atoms with Gasteiger partial charge in [-0.05, 0) is 13.8 Å². The zero-order valence-electron chi connectivity index (χ0n) is 6.32. The summed E-state index contributed by atoms with van der Waals surface area (Å²) in [5.74, 6) is 0.167. The predicted octanol–water partition coefficient (Wildman–Crippen LogP) is 0.801. The lowest BCUT2D eigenvalue weighted by Crippen LogP contribution is -1.69. The molecule has 0 fully saturated rings. The highest BCUT2D eigenvalue weighted by molar-refractivity contribution is 6.40. The first-order valence-electron chi connectivity index (χ1n) is 2.19. The van der Waals surface area contributed by atoms with Crippen molar-refractivity contribution in [2.45, 2.75) is 13.8 Å². The third kappa shape index (κ3) is 14500. The monoisotopic (exact) mass is 192 g/mol. The average molecular weight is 193 g/mol. The standard InChI is InChI=1S/C3H6O.CH2Cl2.CH4O.H2O/c1-3(2)4;2-1-3;1-2;/h1-2H3;1H2;2H,1H3;1H2. The van der Waals surface area contributed by atoms with E-state index in [0.29, 0.717) is 0 Å². The molecule has 10 heavy (non-hydrogen) atoms. The Bertz CT molecular complexity index is 46.2. The summed E-state index contributed by atoms with van der Waals surface area (Å²) in [6, 6.07) is 0. The van der Waals surface area contributed by atoms with E-state index in [1.54, 1.807) is 0 Å². The van der Waals surface area contributed by atoms with Crippen molar-refractivity contribution in [3.05, 3.63) is 0 Å². The van der Waals surface area contributed by atoms with E-state index < -0.39 is 0 Å². The van der Waals surface area contributed by atoms with Gasteiger partial charge in [-0.2, -0.15) is 0 Å². The predicted molar refractivity (Wildman–Crippen MR) is 44.7 cm³/mol. The third-order valence-corrected chi connectivity index (χ3v) is 0. The lowest BCUT2D eigenvalue weighted by atomic mass is 10.6. The van der Waals surface area contributed by atoms with Crippen LogP contribution in [-0.4, -0.2) is 28.8 Å². The summed E-state index contributed by atoms with van der Waals surface area (Å²) in [5, 5.41) is 7.19. The van der Waals surface area contributed by atoms with Crippen molar-refractivity contribution < 1.29 is 15.4 Å². The maximum Gasteiger partial charge on any atom is 0.126 e. The molecule has 5 heteroatoms. The molecule has 0 aromatic rings. The highest BCUT2D eigenvalue weighted by atomic mass is 35.5. The van der Waals surface area contributed by atoms with Crippen molar-refractivity contribution in [2.75, 3.05) is 12.4 Å². The van der Waals surface area contributed by atoms with Crippen molar-refractivity contribution in [1.82, 2.24) is 0 Å². The van der Waals surface area contributed by atoms with Crippen LogP contribution < -0.4 is 0 Å². The molecule has 0 aromatic carbocycles. The number of ketones is 1. The molecule has 0 bridgehead atoms. The van der Waals surface area contributed by atoms with E-state index in [-0.39, 0.29) is 16.6 Å². The second kappa shape index (κ2) is 35.2. The maximum atomic E-state index is 9.44. The van der Waals surface area contributed by atoms with Gasteiger partial charge in [0.05, 0.1) is 5.34 Å². The number of aliphatic hydroxyl groups is 1. The molecule has 0 radical (unpaired) electrons. The van der Waals surface area contributed by atoms with Gasteiger partial charge in [0.2, 0.25) is 0 Å². The fraction of sp³-hybridized carbons (Fsp3) is 0.800. The molecule has 0 atom stereocenters. The Morgan fingerprint density at radius 3 is 1.30 bits per heavy atom. The van der Waals surface area contributed by atoms with E-state index in [2.05, 4.69) is 0 Å². The minimum atomic E-state index is 0. The molecular weight excluding hydrogens is 179 g/mol. The van der Waals surface area contributed by atoms with Gasteiger partial charge in [0.25, 0.3) is 0 Å². The van der Waals surface area contributed by atoms with E-state index in [1.165, 1.54) is 13.8 Å². The minimum Gasteiger partial charge on any atom is -0.412 e. The number of rotatable bonds is 0. The molecule has 3 N–H and O–H groups in total.